The molecule has 0 saturated carbocycles. The molecule has 0 aliphatic carbocycles. The van der Waals surface area contributed by atoms with Gasteiger partial charge in [0.15, 0.2) is 0 Å². The van der Waals surface area contributed by atoms with E-state index in [0.717, 1.165) is 22.8 Å². The van der Waals surface area contributed by atoms with E-state index in [9.17, 15) is 0 Å². The van der Waals surface area contributed by atoms with Crippen LogP contribution >= 0.6 is 0 Å². The molecular formula is C20H18N2O2. The Kier molecular flexibility index (Phi) is 3.58. The van der Waals surface area contributed by atoms with E-state index in [1.807, 2.05) is 37.3 Å². The maximum atomic E-state index is 5.90. The van der Waals surface area contributed by atoms with Gasteiger partial charge in [-0.15, -0.1) is 0 Å². The summed E-state index contributed by atoms with van der Waals surface area (Å²) in [5.41, 5.74) is 2.99. The number of oxazole rings is 1. The predicted octanol–water partition coefficient (Wildman–Crippen LogP) is 4.66. The van der Waals surface area contributed by atoms with E-state index >= 15 is 0 Å². The fourth-order valence-corrected chi connectivity index (χ4v) is 2.95. The van der Waals surface area contributed by atoms with Crippen LogP contribution in [0.25, 0.3) is 22.4 Å². The molecule has 0 N–H and O–H groups in total. The summed E-state index contributed by atoms with van der Waals surface area (Å²) in [5, 5.41) is 1.23. The van der Waals surface area contributed by atoms with Crippen molar-refractivity contribution in [1.82, 2.24) is 9.55 Å². The van der Waals surface area contributed by atoms with Gasteiger partial charge in [0.25, 0.3) is 0 Å². The molecule has 0 bridgehead atoms. The van der Waals surface area contributed by atoms with Crippen molar-refractivity contribution in [3.8, 4) is 17.2 Å². The molecule has 0 amide bonds. The van der Waals surface area contributed by atoms with E-state index in [0.29, 0.717) is 12.4 Å². The molecule has 0 atom stereocenters. The molecule has 0 aliphatic heterocycles. The first kappa shape index (κ1) is 14.6. The van der Waals surface area contributed by atoms with E-state index in [4.69, 9.17) is 14.1 Å². The molecule has 4 nitrogen and oxygen atoms in total. The van der Waals surface area contributed by atoms with Gasteiger partial charge in [0.2, 0.25) is 5.89 Å². The van der Waals surface area contributed by atoms with Crippen molar-refractivity contribution in [2.75, 3.05) is 7.11 Å². The van der Waals surface area contributed by atoms with Gasteiger partial charge in [0.05, 0.1) is 19.2 Å². The second-order valence-electron chi connectivity index (χ2n) is 5.72. The highest BCUT2D eigenvalue weighted by atomic mass is 16.5. The van der Waals surface area contributed by atoms with Crippen molar-refractivity contribution in [2.24, 2.45) is 0 Å². The van der Waals surface area contributed by atoms with E-state index < -0.39 is 0 Å². The summed E-state index contributed by atoms with van der Waals surface area (Å²) < 4.78 is 13.5. The van der Waals surface area contributed by atoms with Gasteiger partial charge >= 0.3 is 0 Å². The van der Waals surface area contributed by atoms with Crippen LogP contribution in [-0.4, -0.2) is 16.7 Å². The van der Waals surface area contributed by atoms with Gasteiger partial charge in [-0.3, -0.25) is 0 Å². The van der Waals surface area contributed by atoms with Gasteiger partial charge in [0.1, 0.15) is 17.2 Å². The summed E-state index contributed by atoms with van der Waals surface area (Å²) >= 11 is 0. The van der Waals surface area contributed by atoms with E-state index in [-0.39, 0.29) is 0 Å². The highest BCUT2D eigenvalue weighted by Gasteiger charge is 2.15. The van der Waals surface area contributed by atoms with Crippen LogP contribution in [-0.2, 0) is 6.54 Å². The highest BCUT2D eigenvalue weighted by Crippen LogP contribution is 2.30. The summed E-state index contributed by atoms with van der Waals surface area (Å²) in [7, 11) is 1.65. The Hall–Kier alpha value is -3.01. The van der Waals surface area contributed by atoms with Crippen LogP contribution < -0.4 is 4.74 Å². The smallest absolute Gasteiger partial charge is 0.230 e. The van der Waals surface area contributed by atoms with Crippen LogP contribution in [0.1, 0.15) is 11.5 Å². The zero-order valence-corrected chi connectivity index (χ0v) is 13.7. The number of methoxy groups -OCH3 is 1. The minimum atomic E-state index is 0.594. The van der Waals surface area contributed by atoms with Crippen LogP contribution in [0.3, 0.4) is 0 Å². The summed E-state index contributed by atoms with van der Waals surface area (Å²) in [5.74, 6) is 2.18. The average Bonchev–Trinajstić information content (AvgIpc) is 3.19. The molecule has 4 heteroatoms. The zero-order chi connectivity index (χ0) is 16.5. The van der Waals surface area contributed by atoms with Gasteiger partial charge in [-0.05, 0) is 36.6 Å². The quantitative estimate of drug-likeness (QED) is 0.549. The van der Waals surface area contributed by atoms with Crippen LogP contribution in [0.15, 0.2) is 65.2 Å². The first-order valence-corrected chi connectivity index (χ1v) is 7.90. The fraction of sp³-hybridized carbons (Fsp3) is 0.150. The van der Waals surface area contributed by atoms with E-state index in [1.54, 1.807) is 7.11 Å². The molecule has 0 fully saturated rings. The van der Waals surface area contributed by atoms with Gasteiger partial charge in [0, 0.05) is 11.7 Å². The first-order valence-electron chi connectivity index (χ1n) is 7.90. The molecule has 2 aromatic heterocycles. The molecule has 0 saturated heterocycles. The molecule has 4 aromatic rings. The number of hydrogen-bond acceptors (Lipinski definition) is 3. The summed E-state index contributed by atoms with van der Waals surface area (Å²) in [4.78, 5) is 4.70. The monoisotopic (exact) mass is 318 g/mol. The van der Waals surface area contributed by atoms with Crippen molar-refractivity contribution in [2.45, 2.75) is 13.5 Å². The Morgan fingerprint density at radius 2 is 1.83 bits per heavy atom. The van der Waals surface area contributed by atoms with Gasteiger partial charge in [-0.1, -0.05) is 30.3 Å². The van der Waals surface area contributed by atoms with Gasteiger partial charge < -0.3 is 13.7 Å². The van der Waals surface area contributed by atoms with Crippen LogP contribution in [0.5, 0.6) is 5.75 Å². The Labute approximate surface area is 140 Å². The summed E-state index contributed by atoms with van der Waals surface area (Å²) in [6.07, 6.45) is 2.08. The number of rotatable bonds is 4. The van der Waals surface area contributed by atoms with Crippen molar-refractivity contribution in [3.05, 3.63) is 72.2 Å². The normalized spacial score (nSPS) is 11.1. The third-order valence-electron chi connectivity index (χ3n) is 4.23. The molecule has 4 rings (SSSR count). The third-order valence-corrected chi connectivity index (χ3v) is 4.23. The number of fused-ring (bicyclic) bond motifs is 1. The SMILES string of the molecule is COc1ccccc1-c1nc(Cn2ccc3ccccc32)c(C)o1. The van der Waals surface area contributed by atoms with E-state index in [1.165, 1.54) is 10.9 Å². The molecule has 0 radical (unpaired) electrons. The minimum Gasteiger partial charge on any atom is -0.496 e. The number of hydrogen-bond donors (Lipinski definition) is 0. The fourth-order valence-electron chi connectivity index (χ4n) is 2.95. The molecule has 0 spiro atoms. The molecule has 24 heavy (non-hydrogen) atoms. The number of benzene rings is 2. The Morgan fingerprint density at radius 3 is 2.71 bits per heavy atom. The Morgan fingerprint density at radius 1 is 1.04 bits per heavy atom. The van der Waals surface area contributed by atoms with Crippen LogP contribution in [0, 0.1) is 6.92 Å². The summed E-state index contributed by atoms with van der Waals surface area (Å²) in [6.45, 7) is 2.63. The number of nitrogens with zero attached hydrogens (tertiary/aromatic N) is 2. The second kappa shape index (κ2) is 5.89. The van der Waals surface area contributed by atoms with Crippen LogP contribution in [0.4, 0.5) is 0 Å². The standard InChI is InChI=1S/C20H18N2O2/c1-14-17(13-22-12-11-15-7-3-5-9-18(15)22)21-20(24-14)16-8-4-6-10-19(16)23-2/h3-12H,13H2,1-2H3. The first-order chi connectivity index (χ1) is 11.8. The lowest BCUT2D eigenvalue weighted by molar-refractivity contribution is 0.414. The Bertz CT molecular complexity index is 998. The average molecular weight is 318 g/mol. The molecule has 0 unspecified atom stereocenters. The lowest BCUT2D eigenvalue weighted by Crippen LogP contribution is -1.99. The van der Waals surface area contributed by atoms with Gasteiger partial charge in [-0.25, -0.2) is 4.98 Å². The molecule has 2 aromatic carbocycles. The highest BCUT2D eigenvalue weighted by molar-refractivity contribution is 5.80. The number of aryl methyl sites for hydroxylation is 1. The molecule has 0 aliphatic rings. The maximum Gasteiger partial charge on any atom is 0.230 e. The third kappa shape index (κ3) is 2.46. The van der Waals surface area contributed by atoms with E-state index in [2.05, 4.69) is 35.0 Å². The topological polar surface area (TPSA) is 40.2 Å². The van der Waals surface area contributed by atoms with Crippen molar-refractivity contribution in [3.63, 3.8) is 0 Å². The molecule has 120 valence electrons. The van der Waals surface area contributed by atoms with Crippen molar-refractivity contribution < 1.29 is 9.15 Å². The summed E-state index contributed by atoms with van der Waals surface area (Å²) in [6, 6.07) is 18.2. The maximum absolute atomic E-state index is 5.90. The van der Waals surface area contributed by atoms with Crippen LogP contribution in [0.2, 0.25) is 0 Å². The number of para-hydroxylation sites is 2. The minimum absolute atomic E-state index is 0.594. The largest absolute Gasteiger partial charge is 0.496 e. The molecular weight excluding hydrogens is 300 g/mol. The second-order valence-corrected chi connectivity index (χ2v) is 5.72. The number of ether oxygens (including phenoxy) is 1. The number of aromatic nitrogens is 2. The van der Waals surface area contributed by atoms with Crippen molar-refractivity contribution >= 4 is 10.9 Å². The molecule has 2 heterocycles. The lowest BCUT2D eigenvalue weighted by Gasteiger charge is -2.04. The lowest BCUT2D eigenvalue weighted by atomic mass is 10.2. The predicted molar refractivity (Wildman–Crippen MR) is 94.3 cm³/mol. The zero-order valence-electron chi connectivity index (χ0n) is 13.7. The van der Waals surface area contributed by atoms with Crippen molar-refractivity contribution in [1.29, 1.82) is 0 Å². The Balaban J connectivity index is 1.71. The van der Waals surface area contributed by atoms with Gasteiger partial charge in [-0.2, -0.15) is 0 Å².